The van der Waals surface area contributed by atoms with Gasteiger partial charge in [-0.2, -0.15) is 0 Å². The quantitative estimate of drug-likeness (QED) is 0.785. The predicted molar refractivity (Wildman–Crippen MR) is 80.5 cm³/mol. The smallest absolute Gasteiger partial charge is 0.305 e. The summed E-state index contributed by atoms with van der Waals surface area (Å²) in [5, 5.41) is 0. The van der Waals surface area contributed by atoms with E-state index in [9.17, 15) is 14.0 Å². The summed E-state index contributed by atoms with van der Waals surface area (Å²) in [5.74, 6) is -0.266. The molecule has 1 aromatic carbocycles. The molecule has 5 heteroatoms. The number of benzene rings is 1. The molecule has 2 unspecified atom stereocenters. The third kappa shape index (κ3) is 3.84. The first-order valence-electron chi connectivity index (χ1n) is 7.63. The van der Waals surface area contributed by atoms with E-state index in [1.165, 1.54) is 13.2 Å². The second-order valence-electron chi connectivity index (χ2n) is 5.85. The Kier molecular flexibility index (Phi) is 5.52. The Balaban J connectivity index is 2.03. The van der Waals surface area contributed by atoms with Crippen LogP contribution in [0.15, 0.2) is 24.3 Å². The molecule has 0 bridgehead atoms. The first-order chi connectivity index (χ1) is 10.5. The van der Waals surface area contributed by atoms with E-state index < -0.39 is 0 Å². The van der Waals surface area contributed by atoms with Crippen molar-refractivity contribution in [1.29, 1.82) is 0 Å². The zero-order valence-corrected chi connectivity index (χ0v) is 13.0. The average molecular weight is 307 g/mol. The first-order valence-corrected chi connectivity index (χ1v) is 7.63. The number of carbonyl (C=O) groups excluding carboxylic acids is 2. The maximum Gasteiger partial charge on any atom is 0.305 e. The monoisotopic (exact) mass is 307 g/mol. The maximum absolute atomic E-state index is 14.0. The minimum atomic E-state index is -0.312. The van der Waals surface area contributed by atoms with Gasteiger partial charge in [0.25, 0.3) is 0 Å². The lowest BCUT2D eigenvalue weighted by Gasteiger charge is -2.25. The highest BCUT2D eigenvalue weighted by molar-refractivity contribution is 5.78. The van der Waals surface area contributed by atoms with Gasteiger partial charge < -0.3 is 9.64 Å². The number of nitrogens with zero attached hydrogens (tertiary/aromatic N) is 1. The van der Waals surface area contributed by atoms with Gasteiger partial charge in [-0.15, -0.1) is 0 Å². The topological polar surface area (TPSA) is 46.6 Å². The molecule has 0 N–H and O–H groups in total. The van der Waals surface area contributed by atoms with Crippen LogP contribution in [0.25, 0.3) is 0 Å². The van der Waals surface area contributed by atoms with Crippen molar-refractivity contribution in [3.63, 3.8) is 0 Å². The minimum Gasteiger partial charge on any atom is -0.469 e. The molecule has 1 heterocycles. The molecule has 1 aliphatic heterocycles. The van der Waals surface area contributed by atoms with E-state index in [4.69, 9.17) is 0 Å². The maximum atomic E-state index is 14.0. The van der Waals surface area contributed by atoms with Gasteiger partial charge in [-0.3, -0.25) is 9.59 Å². The molecule has 1 aromatic rings. The Morgan fingerprint density at radius 1 is 1.32 bits per heavy atom. The molecule has 0 aliphatic carbocycles. The molecule has 0 spiro atoms. The van der Waals surface area contributed by atoms with E-state index in [0.29, 0.717) is 24.4 Å². The number of ether oxygens (including phenoxy) is 1. The number of hydrogen-bond donors (Lipinski definition) is 0. The van der Waals surface area contributed by atoms with Crippen LogP contribution in [0.4, 0.5) is 4.39 Å². The Hall–Kier alpha value is -1.91. The summed E-state index contributed by atoms with van der Waals surface area (Å²) in [6.45, 7) is 2.70. The lowest BCUT2D eigenvalue weighted by Crippen LogP contribution is -2.31. The molecule has 2 atom stereocenters. The summed E-state index contributed by atoms with van der Waals surface area (Å²) >= 11 is 0. The van der Waals surface area contributed by atoms with Gasteiger partial charge in [0, 0.05) is 24.9 Å². The van der Waals surface area contributed by atoms with E-state index in [1.54, 1.807) is 23.1 Å². The van der Waals surface area contributed by atoms with Crippen molar-refractivity contribution in [1.82, 2.24) is 4.90 Å². The van der Waals surface area contributed by atoms with Gasteiger partial charge in [-0.1, -0.05) is 25.1 Å². The predicted octanol–water partition coefficient (Wildman–Crippen LogP) is 3.08. The van der Waals surface area contributed by atoms with Crippen LogP contribution in [0.3, 0.4) is 0 Å². The molecule has 0 radical (unpaired) electrons. The molecule has 1 amide bonds. The van der Waals surface area contributed by atoms with Crippen LogP contribution in [0.1, 0.15) is 44.2 Å². The second kappa shape index (κ2) is 7.38. The van der Waals surface area contributed by atoms with E-state index >= 15 is 0 Å². The van der Waals surface area contributed by atoms with Crippen LogP contribution < -0.4 is 0 Å². The fourth-order valence-corrected chi connectivity index (χ4v) is 2.99. The number of methoxy groups -OCH3 is 1. The van der Waals surface area contributed by atoms with Crippen molar-refractivity contribution >= 4 is 11.9 Å². The number of esters is 1. The third-order valence-corrected chi connectivity index (χ3v) is 4.09. The summed E-state index contributed by atoms with van der Waals surface area (Å²) in [6, 6.07) is 6.41. The second-order valence-corrected chi connectivity index (χ2v) is 5.85. The normalized spacial score (nSPS) is 21.0. The third-order valence-electron chi connectivity index (χ3n) is 4.09. The Labute approximate surface area is 130 Å². The first kappa shape index (κ1) is 16.5. The number of carbonyl (C=O) groups is 2. The standard InChI is InChI=1S/C17H22FNO3/c1-12-10-15(13-6-3-4-7-14(13)18)19(11-12)16(20)8-5-9-17(21)22-2/h3-4,6-7,12,15H,5,8-11H2,1-2H3. The molecular weight excluding hydrogens is 285 g/mol. The SMILES string of the molecule is COC(=O)CCCC(=O)N1CC(C)CC1c1ccccc1F. The van der Waals surface area contributed by atoms with Crippen molar-refractivity contribution < 1.29 is 18.7 Å². The van der Waals surface area contributed by atoms with Gasteiger partial charge in [0.05, 0.1) is 13.2 Å². The molecule has 1 aliphatic rings. The fourth-order valence-electron chi connectivity index (χ4n) is 2.99. The largest absolute Gasteiger partial charge is 0.469 e. The van der Waals surface area contributed by atoms with Crippen molar-refractivity contribution in [3.8, 4) is 0 Å². The molecule has 2 rings (SSSR count). The lowest BCUT2D eigenvalue weighted by molar-refractivity contribution is -0.141. The number of rotatable bonds is 5. The average Bonchev–Trinajstić information content (AvgIpc) is 2.89. The van der Waals surface area contributed by atoms with Crippen molar-refractivity contribution in [2.75, 3.05) is 13.7 Å². The van der Waals surface area contributed by atoms with Crippen LogP contribution in [0, 0.1) is 11.7 Å². The molecule has 120 valence electrons. The van der Waals surface area contributed by atoms with Gasteiger partial charge in [-0.25, -0.2) is 4.39 Å². The van der Waals surface area contributed by atoms with Crippen LogP contribution >= 0.6 is 0 Å². The summed E-state index contributed by atoms with van der Waals surface area (Å²) in [7, 11) is 1.33. The van der Waals surface area contributed by atoms with Crippen LogP contribution in [-0.4, -0.2) is 30.4 Å². The molecule has 1 fully saturated rings. The van der Waals surface area contributed by atoms with E-state index in [2.05, 4.69) is 11.7 Å². The van der Waals surface area contributed by atoms with Gasteiger partial charge in [0.2, 0.25) is 5.91 Å². The van der Waals surface area contributed by atoms with Gasteiger partial charge in [0.1, 0.15) is 5.82 Å². The van der Waals surface area contributed by atoms with Crippen LogP contribution in [-0.2, 0) is 14.3 Å². The highest BCUT2D eigenvalue weighted by atomic mass is 19.1. The van der Waals surface area contributed by atoms with Crippen molar-refractivity contribution in [2.24, 2.45) is 5.92 Å². The van der Waals surface area contributed by atoms with Gasteiger partial charge in [0.15, 0.2) is 0 Å². The lowest BCUT2D eigenvalue weighted by atomic mass is 10.0. The van der Waals surface area contributed by atoms with Crippen LogP contribution in [0.5, 0.6) is 0 Å². The molecular formula is C17H22FNO3. The van der Waals surface area contributed by atoms with Crippen LogP contribution in [0.2, 0.25) is 0 Å². The Bertz CT molecular complexity index is 546. The van der Waals surface area contributed by atoms with E-state index in [1.807, 2.05) is 0 Å². The summed E-state index contributed by atoms with van der Waals surface area (Å²) in [6.07, 6.45) is 1.74. The summed E-state index contributed by atoms with van der Waals surface area (Å²) < 4.78 is 18.6. The molecule has 0 saturated carbocycles. The zero-order valence-electron chi connectivity index (χ0n) is 13.0. The highest BCUT2D eigenvalue weighted by Crippen LogP contribution is 2.36. The molecule has 4 nitrogen and oxygen atoms in total. The zero-order chi connectivity index (χ0) is 16.1. The molecule has 1 saturated heterocycles. The number of amides is 1. The van der Waals surface area contributed by atoms with Crippen molar-refractivity contribution in [3.05, 3.63) is 35.6 Å². The highest BCUT2D eigenvalue weighted by Gasteiger charge is 2.34. The summed E-state index contributed by atoms with van der Waals surface area (Å²) in [5.41, 5.74) is 0.577. The minimum absolute atomic E-state index is 0.0264. The number of likely N-dealkylation sites (tertiary alicyclic amines) is 1. The van der Waals surface area contributed by atoms with E-state index in [0.717, 1.165) is 6.42 Å². The van der Waals surface area contributed by atoms with Gasteiger partial charge in [-0.05, 0) is 24.8 Å². The molecule has 22 heavy (non-hydrogen) atoms. The number of hydrogen-bond acceptors (Lipinski definition) is 3. The number of halogens is 1. The Morgan fingerprint density at radius 2 is 2.05 bits per heavy atom. The Morgan fingerprint density at radius 3 is 2.73 bits per heavy atom. The summed E-state index contributed by atoms with van der Waals surface area (Å²) in [4.78, 5) is 25.3. The fraction of sp³-hybridized carbons (Fsp3) is 0.529. The van der Waals surface area contributed by atoms with Crippen molar-refractivity contribution in [2.45, 2.75) is 38.6 Å². The van der Waals surface area contributed by atoms with Gasteiger partial charge >= 0.3 is 5.97 Å². The molecule has 0 aromatic heterocycles. The van der Waals surface area contributed by atoms with E-state index in [-0.39, 0.29) is 36.6 Å².